The maximum Gasteiger partial charge on any atom is 0.325 e. The van der Waals surface area contributed by atoms with Crippen molar-refractivity contribution >= 4 is 11.7 Å². The van der Waals surface area contributed by atoms with Crippen molar-refractivity contribution in [1.29, 1.82) is 0 Å². The van der Waals surface area contributed by atoms with Gasteiger partial charge in [-0.15, -0.1) is 0 Å². The van der Waals surface area contributed by atoms with Gasteiger partial charge in [0.2, 0.25) is 5.43 Å². The number of nitrogen functional groups attached to an aromatic ring is 1. The minimum atomic E-state index is -1.34. The van der Waals surface area contributed by atoms with Crippen LogP contribution in [0.2, 0.25) is 0 Å². The van der Waals surface area contributed by atoms with Crippen LogP contribution < -0.4 is 16.9 Å². The summed E-state index contributed by atoms with van der Waals surface area (Å²) in [6, 6.07) is -1.34. The molecule has 13 heavy (non-hydrogen) atoms. The van der Waals surface area contributed by atoms with Crippen molar-refractivity contribution in [3.05, 3.63) is 28.2 Å². The van der Waals surface area contributed by atoms with Crippen LogP contribution in [0.15, 0.2) is 17.2 Å². The third-order valence-corrected chi connectivity index (χ3v) is 1.60. The molecular formula is C7H9N3O3. The molecule has 1 atom stereocenters. The van der Waals surface area contributed by atoms with E-state index >= 15 is 0 Å². The molecule has 6 N–H and O–H groups in total. The summed E-state index contributed by atoms with van der Waals surface area (Å²) in [7, 11) is 0. The average Bonchev–Trinajstić information content (AvgIpc) is 2.08. The Labute approximate surface area is 73.2 Å². The number of hydrogen-bond donors (Lipinski definition) is 4. The second-order valence-corrected chi connectivity index (χ2v) is 2.51. The fourth-order valence-corrected chi connectivity index (χ4v) is 0.883. The standard InChI is InChI=1S/C7H9N3O3/c8-4-2-10-1-3(6(4)11)5(9)7(12)13/h1-2,5H,8-9H2,(H,10,11)(H,12,13). The second kappa shape index (κ2) is 3.28. The maximum atomic E-state index is 11.2. The molecule has 1 unspecified atom stereocenters. The van der Waals surface area contributed by atoms with Crippen molar-refractivity contribution in [2.45, 2.75) is 6.04 Å². The Morgan fingerprint density at radius 2 is 2.15 bits per heavy atom. The molecule has 0 aliphatic rings. The van der Waals surface area contributed by atoms with E-state index in [4.69, 9.17) is 16.6 Å². The molecule has 0 bridgehead atoms. The van der Waals surface area contributed by atoms with Crippen LogP contribution in [-0.2, 0) is 4.79 Å². The lowest BCUT2D eigenvalue weighted by Crippen LogP contribution is -2.28. The maximum absolute atomic E-state index is 11.2. The van der Waals surface area contributed by atoms with Gasteiger partial charge >= 0.3 is 5.97 Å². The molecule has 0 saturated carbocycles. The number of carboxylic acids is 1. The van der Waals surface area contributed by atoms with Gasteiger partial charge in [0, 0.05) is 18.0 Å². The predicted molar refractivity (Wildman–Crippen MR) is 46.0 cm³/mol. The quantitative estimate of drug-likeness (QED) is 0.470. The van der Waals surface area contributed by atoms with Crippen LogP contribution in [0, 0.1) is 0 Å². The summed E-state index contributed by atoms with van der Waals surface area (Å²) in [6.07, 6.45) is 2.51. The summed E-state index contributed by atoms with van der Waals surface area (Å²) in [5.41, 5.74) is 9.86. The molecule has 1 rings (SSSR count). The Hall–Kier alpha value is -1.82. The zero-order valence-corrected chi connectivity index (χ0v) is 6.65. The summed E-state index contributed by atoms with van der Waals surface area (Å²) in [4.78, 5) is 24.2. The molecule has 6 nitrogen and oxygen atoms in total. The third kappa shape index (κ3) is 1.67. The zero-order chi connectivity index (χ0) is 10.0. The van der Waals surface area contributed by atoms with E-state index in [0.29, 0.717) is 0 Å². The van der Waals surface area contributed by atoms with Crippen LogP contribution in [-0.4, -0.2) is 16.1 Å². The summed E-state index contributed by atoms with van der Waals surface area (Å²) >= 11 is 0. The Kier molecular flexibility index (Phi) is 2.34. The number of carbonyl (C=O) groups is 1. The number of pyridine rings is 1. The van der Waals surface area contributed by atoms with Crippen molar-refractivity contribution in [2.75, 3.05) is 5.73 Å². The lowest BCUT2D eigenvalue weighted by atomic mass is 10.1. The SMILES string of the molecule is Nc1c[nH]cc(C(N)C(=O)O)c1=O. The predicted octanol–water partition coefficient (Wildman–Crippen LogP) is -0.959. The Balaban J connectivity index is 3.23. The van der Waals surface area contributed by atoms with Crippen LogP contribution in [0.3, 0.4) is 0 Å². The number of nitrogens with two attached hydrogens (primary N) is 2. The van der Waals surface area contributed by atoms with Gasteiger partial charge in [0.05, 0.1) is 5.69 Å². The number of aromatic nitrogens is 1. The minimum absolute atomic E-state index is 0.0470. The van der Waals surface area contributed by atoms with Gasteiger partial charge in [0.25, 0.3) is 0 Å². The van der Waals surface area contributed by atoms with Gasteiger partial charge in [-0.25, -0.2) is 0 Å². The first kappa shape index (κ1) is 9.27. The van der Waals surface area contributed by atoms with Crippen LogP contribution in [0.1, 0.15) is 11.6 Å². The molecule has 0 amide bonds. The minimum Gasteiger partial charge on any atom is -0.480 e. The summed E-state index contributed by atoms with van der Waals surface area (Å²) < 4.78 is 0. The first-order valence-electron chi connectivity index (χ1n) is 3.49. The van der Waals surface area contributed by atoms with E-state index in [1.165, 1.54) is 12.4 Å². The fraction of sp³-hybridized carbons (Fsp3) is 0.143. The number of hydrogen-bond acceptors (Lipinski definition) is 4. The number of carboxylic acid groups (broad SMARTS) is 1. The highest BCUT2D eigenvalue weighted by atomic mass is 16.4. The van der Waals surface area contributed by atoms with Gasteiger partial charge in [-0.3, -0.25) is 9.59 Å². The Morgan fingerprint density at radius 1 is 1.54 bits per heavy atom. The van der Waals surface area contributed by atoms with E-state index in [9.17, 15) is 9.59 Å². The van der Waals surface area contributed by atoms with Crippen LogP contribution >= 0.6 is 0 Å². The molecule has 0 aliphatic heterocycles. The first-order chi connectivity index (χ1) is 6.04. The van der Waals surface area contributed by atoms with Gasteiger partial charge in [-0.2, -0.15) is 0 Å². The molecule has 1 aromatic rings. The monoisotopic (exact) mass is 183 g/mol. The summed E-state index contributed by atoms with van der Waals surface area (Å²) in [5, 5.41) is 8.53. The van der Waals surface area contributed by atoms with Crippen molar-refractivity contribution in [2.24, 2.45) is 5.73 Å². The molecule has 0 saturated heterocycles. The highest BCUT2D eigenvalue weighted by Gasteiger charge is 2.18. The van der Waals surface area contributed by atoms with Crippen LogP contribution in [0.25, 0.3) is 0 Å². The van der Waals surface area contributed by atoms with E-state index in [1.807, 2.05) is 0 Å². The normalized spacial score (nSPS) is 12.4. The summed E-state index contributed by atoms with van der Waals surface area (Å²) in [5.74, 6) is -1.27. The molecule has 0 aliphatic carbocycles. The average molecular weight is 183 g/mol. The fourth-order valence-electron chi connectivity index (χ4n) is 0.883. The van der Waals surface area contributed by atoms with Gasteiger partial charge in [-0.1, -0.05) is 0 Å². The Bertz CT molecular complexity index is 385. The van der Waals surface area contributed by atoms with E-state index in [-0.39, 0.29) is 11.3 Å². The number of aromatic amines is 1. The molecule has 6 heteroatoms. The van der Waals surface area contributed by atoms with E-state index in [1.54, 1.807) is 0 Å². The van der Waals surface area contributed by atoms with Crippen molar-refractivity contribution in [3.63, 3.8) is 0 Å². The van der Waals surface area contributed by atoms with Gasteiger partial charge < -0.3 is 21.6 Å². The number of H-pyrrole nitrogens is 1. The van der Waals surface area contributed by atoms with Crippen molar-refractivity contribution in [1.82, 2.24) is 4.98 Å². The largest absolute Gasteiger partial charge is 0.480 e. The lowest BCUT2D eigenvalue weighted by Gasteiger charge is -2.05. The number of nitrogens with one attached hydrogen (secondary N) is 1. The number of aliphatic carboxylic acids is 1. The van der Waals surface area contributed by atoms with E-state index in [2.05, 4.69) is 4.98 Å². The number of rotatable bonds is 2. The highest BCUT2D eigenvalue weighted by molar-refractivity contribution is 5.75. The lowest BCUT2D eigenvalue weighted by molar-refractivity contribution is -0.138. The highest BCUT2D eigenvalue weighted by Crippen LogP contribution is 2.04. The van der Waals surface area contributed by atoms with E-state index in [0.717, 1.165) is 0 Å². The molecule has 0 aromatic carbocycles. The van der Waals surface area contributed by atoms with Crippen LogP contribution in [0.5, 0.6) is 0 Å². The second-order valence-electron chi connectivity index (χ2n) is 2.51. The van der Waals surface area contributed by atoms with Gasteiger partial charge in [0.1, 0.15) is 6.04 Å². The smallest absolute Gasteiger partial charge is 0.325 e. The molecule has 1 aromatic heterocycles. The van der Waals surface area contributed by atoms with Crippen molar-refractivity contribution in [3.8, 4) is 0 Å². The van der Waals surface area contributed by atoms with Crippen molar-refractivity contribution < 1.29 is 9.90 Å². The van der Waals surface area contributed by atoms with Crippen LogP contribution in [0.4, 0.5) is 5.69 Å². The van der Waals surface area contributed by atoms with E-state index < -0.39 is 17.4 Å². The first-order valence-corrected chi connectivity index (χ1v) is 3.49. The van der Waals surface area contributed by atoms with Gasteiger partial charge in [0.15, 0.2) is 0 Å². The Morgan fingerprint density at radius 3 is 2.69 bits per heavy atom. The molecule has 0 fully saturated rings. The summed E-state index contributed by atoms with van der Waals surface area (Å²) in [6.45, 7) is 0. The molecule has 70 valence electrons. The topological polar surface area (TPSA) is 122 Å². The molecule has 0 radical (unpaired) electrons. The molecular weight excluding hydrogens is 174 g/mol. The van der Waals surface area contributed by atoms with Gasteiger partial charge in [-0.05, 0) is 0 Å². The number of anilines is 1. The molecule has 0 spiro atoms. The third-order valence-electron chi connectivity index (χ3n) is 1.60. The molecule has 1 heterocycles. The zero-order valence-electron chi connectivity index (χ0n) is 6.65.